The molecule has 2 aromatic heterocycles. The number of anilines is 2. The van der Waals surface area contributed by atoms with Gasteiger partial charge in [-0.3, -0.25) is 4.79 Å². The molecule has 0 atom stereocenters. The second kappa shape index (κ2) is 8.70. The van der Waals surface area contributed by atoms with Gasteiger partial charge in [0.15, 0.2) is 0 Å². The maximum Gasteiger partial charge on any atom is 0.226 e. The van der Waals surface area contributed by atoms with Gasteiger partial charge in [-0.1, -0.05) is 37.0 Å². The van der Waals surface area contributed by atoms with E-state index in [1.165, 1.54) is 0 Å². The van der Waals surface area contributed by atoms with Crippen LogP contribution in [0.2, 0.25) is 10.3 Å². The number of carbonyl (C=O) groups is 1. The molecular weight excluding hydrogens is 335 g/mol. The Hall–Kier alpha value is -1.85. The average Bonchev–Trinajstić information content (AvgIpc) is 2.46. The number of carbonyl (C=O) groups excluding carboxylic acids is 1. The van der Waals surface area contributed by atoms with Crippen LogP contribution in [0.4, 0.5) is 11.4 Å². The molecule has 0 unspecified atom stereocenters. The summed E-state index contributed by atoms with van der Waals surface area (Å²) in [4.78, 5) is 19.3. The van der Waals surface area contributed by atoms with E-state index >= 15 is 0 Å². The minimum absolute atomic E-state index is 0.0165. The highest BCUT2D eigenvalue weighted by atomic mass is 35.5. The molecule has 5 nitrogen and oxygen atoms in total. The van der Waals surface area contributed by atoms with E-state index in [2.05, 4.69) is 15.3 Å². The van der Waals surface area contributed by atoms with Crippen molar-refractivity contribution in [3.63, 3.8) is 0 Å². The van der Waals surface area contributed by atoms with Crippen molar-refractivity contribution in [1.29, 1.82) is 0 Å². The zero-order valence-corrected chi connectivity index (χ0v) is 15.0. The Morgan fingerprint density at radius 1 is 1.04 bits per heavy atom. The van der Waals surface area contributed by atoms with Crippen LogP contribution in [0.1, 0.15) is 25.2 Å². The molecule has 2 rings (SSSR count). The molecule has 0 spiro atoms. The van der Waals surface area contributed by atoms with E-state index in [-0.39, 0.29) is 11.8 Å². The first-order valence-corrected chi connectivity index (χ1v) is 7.79. The monoisotopic (exact) mass is 354 g/mol. The third kappa shape index (κ3) is 6.42. The average molecular weight is 355 g/mol. The van der Waals surface area contributed by atoms with Crippen LogP contribution in [0.15, 0.2) is 24.3 Å². The lowest BCUT2D eigenvalue weighted by molar-refractivity contribution is -0.118. The van der Waals surface area contributed by atoms with E-state index in [1.54, 1.807) is 24.3 Å². The van der Waals surface area contributed by atoms with E-state index < -0.39 is 0 Å². The number of amides is 1. The highest BCUT2D eigenvalue weighted by molar-refractivity contribution is 6.29. The molecule has 23 heavy (non-hydrogen) atoms. The molecule has 0 aliphatic carbocycles. The predicted octanol–water partition coefficient (Wildman–Crippen LogP) is 4.26. The summed E-state index contributed by atoms with van der Waals surface area (Å²) in [6, 6.07) is 6.82. The fourth-order valence-electron chi connectivity index (χ4n) is 1.48. The number of hydrogen-bond acceptors (Lipinski definition) is 4. The maximum absolute atomic E-state index is 11.4. The first kappa shape index (κ1) is 19.2. The Kier molecular flexibility index (Phi) is 7.26. The van der Waals surface area contributed by atoms with Crippen LogP contribution >= 0.6 is 23.2 Å². The summed E-state index contributed by atoms with van der Waals surface area (Å²) < 4.78 is 0. The Bertz CT molecular complexity index is 690. The van der Waals surface area contributed by atoms with Gasteiger partial charge in [0.25, 0.3) is 0 Å². The molecule has 3 N–H and O–H groups in total. The van der Waals surface area contributed by atoms with Crippen LogP contribution in [0.3, 0.4) is 0 Å². The van der Waals surface area contributed by atoms with Gasteiger partial charge in [0.05, 0.1) is 22.8 Å². The zero-order chi connectivity index (χ0) is 17.6. The Balaban J connectivity index is 0.000000253. The van der Waals surface area contributed by atoms with Gasteiger partial charge in [0, 0.05) is 5.92 Å². The van der Waals surface area contributed by atoms with Gasteiger partial charge >= 0.3 is 0 Å². The van der Waals surface area contributed by atoms with Crippen molar-refractivity contribution >= 4 is 40.5 Å². The molecule has 0 saturated heterocycles. The molecule has 0 fully saturated rings. The summed E-state index contributed by atoms with van der Waals surface area (Å²) in [5.41, 5.74) is 8.37. The Morgan fingerprint density at radius 2 is 1.57 bits per heavy atom. The molecule has 0 saturated carbocycles. The molecule has 2 aromatic rings. The molecule has 0 aromatic carbocycles. The molecule has 1 amide bonds. The lowest BCUT2D eigenvalue weighted by Gasteiger charge is -2.09. The van der Waals surface area contributed by atoms with Crippen molar-refractivity contribution in [3.8, 4) is 0 Å². The number of nitrogens with two attached hydrogens (primary N) is 1. The van der Waals surface area contributed by atoms with E-state index in [1.807, 2.05) is 27.7 Å². The molecule has 0 aliphatic heterocycles. The molecule has 0 aliphatic rings. The number of rotatable bonds is 2. The van der Waals surface area contributed by atoms with Crippen LogP contribution in [0, 0.1) is 19.8 Å². The minimum Gasteiger partial charge on any atom is -0.397 e. The number of pyridine rings is 2. The van der Waals surface area contributed by atoms with Crippen molar-refractivity contribution in [2.24, 2.45) is 5.92 Å². The summed E-state index contributed by atoms with van der Waals surface area (Å²) in [6.07, 6.45) is 0. The first-order valence-electron chi connectivity index (χ1n) is 7.03. The van der Waals surface area contributed by atoms with Crippen molar-refractivity contribution < 1.29 is 4.79 Å². The van der Waals surface area contributed by atoms with Gasteiger partial charge < -0.3 is 11.1 Å². The van der Waals surface area contributed by atoms with E-state index in [9.17, 15) is 4.79 Å². The molecule has 124 valence electrons. The van der Waals surface area contributed by atoms with Crippen LogP contribution < -0.4 is 11.1 Å². The van der Waals surface area contributed by atoms with Crippen LogP contribution in [-0.4, -0.2) is 15.9 Å². The van der Waals surface area contributed by atoms with E-state index in [4.69, 9.17) is 28.9 Å². The highest BCUT2D eigenvalue weighted by Gasteiger charge is 2.09. The van der Waals surface area contributed by atoms with Crippen molar-refractivity contribution in [2.45, 2.75) is 27.7 Å². The van der Waals surface area contributed by atoms with Gasteiger partial charge in [-0.05, 0) is 38.1 Å². The van der Waals surface area contributed by atoms with Gasteiger partial charge in [0.2, 0.25) is 5.91 Å². The molecule has 2 heterocycles. The molecule has 0 radical (unpaired) electrons. The fraction of sp³-hybridized carbons (Fsp3) is 0.312. The molecular formula is C16H20Cl2N4O. The summed E-state index contributed by atoms with van der Waals surface area (Å²) in [5.74, 6) is -0.0534. The van der Waals surface area contributed by atoms with E-state index in [0.717, 1.165) is 11.4 Å². The summed E-state index contributed by atoms with van der Waals surface area (Å²) >= 11 is 11.2. The van der Waals surface area contributed by atoms with Crippen LogP contribution in [0.5, 0.6) is 0 Å². The van der Waals surface area contributed by atoms with Crippen molar-refractivity contribution in [3.05, 3.63) is 46.0 Å². The summed E-state index contributed by atoms with van der Waals surface area (Å²) in [5, 5.41) is 3.70. The van der Waals surface area contributed by atoms with Crippen LogP contribution in [0.25, 0.3) is 0 Å². The number of nitrogen functional groups attached to an aromatic ring is 1. The summed E-state index contributed by atoms with van der Waals surface area (Å²) in [7, 11) is 0. The number of aryl methyl sites for hydroxylation is 2. The smallest absolute Gasteiger partial charge is 0.226 e. The lowest BCUT2D eigenvalue weighted by atomic mass is 10.2. The number of halogens is 2. The van der Waals surface area contributed by atoms with Crippen molar-refractivity contribution in [1.82, 2.24) is 9.97 Å². The van der Waals surface area contributed by atoms with Crippen LogP contribution in [-0.2, 0) is 4.79 Å². The number of hydrogen-bond donors (Lipinski definition) is 2. The number of nitrogens with one attached hydrogen (secondary N) is 1. The largest absolute Gasteiger partial charge is 0.397 e. The van der Waals surface area contributed by atoms with Gasteiger partial charge in [0.1, 0.15) is 10.3 Å². The second-order valence-electron chi connectivity index (χ2n) is 5.22. The highest BCUT2D eigenvalue weighted by Crippen LogP contribution is 2.16. The second-order valence-corrected chi connectivity index (χ2v) is 5.99. The third-order valence-corrected chi connectivity index (χ3v) is 3.35. The maximum atomic E-state index is 11.4. The summed E-state index contributed by atoms with van der Waals surface area (Å²) in [6.45, 7) is 7.31. The quantitative estimate of drug-likeness (QED) is 0.789. The van der Waals surface area contributed by atoms with Crippen molar-refractivity contribution in [2.75, 3.05) is 11.1 Å². The van der Waals surface area contributed by atoms with E-state index in [0.29, 0.717) is 21.7 Å². The minimum atomic E-state index is -0.0370. The predicted molar refractivity (Wildman–Crippen MR) is 95.8 cm³/mol. The molecule has 7 heteroatoms. The standard InChI is InChI=1S/C10H13ClN2O.C6H7ClN2/c1-6(2)10(14)13-8-4-5-9(11)12-7(8)3;1-4-5(8)2-3-6(7)9-4/h4-6H,1-3H3,(H,13,14);2-3H,8H2,1H3. The first-order chi connectivity index (χ1) is 10.7. The lowest BCUT2D eigenvalue weighted by Crippen LogP contribution is -2.18. The third-order valence-electron chi connectivity index (χ3n) is 2.93. The zero-order valence-electron chi connectivity index (χ0n) is 13.5. The fourth-order valence-corrected chi connectivity index (χ4v) is 1.86. The number of aromatic nitrogens is 2. The van der Waals surface area contributed by atoms with Gasteiger partial charge in [-0.15, -0.1) is 0 Å². The number of nitrogens with zero attached hydrogens (tertiary/aromatic N) is 2. The van der Waals surface area contributed by atoms with Gasteiger partial charge in [-0.2, -0.15) is 0 Å². The Labute approximate surface area is 146 Å². The Morgan fingerprint density at radius 3 is 2.00 bits per heavy atom. The SMILES string of the molecule is Cc1nc(Cl)ccc1N.Cc1nc(Cl)ccc1NC(=O)C(C)C. The topological polar surface area (TPSA) is 80.9 Å². The molecule has 0 bridgehead atoms. The van der Waals surface area contributed by atoms with Gasteiger partial charge in [-0.25, -0.2) is 9.97 Å². The normalized spacial score (nSPS) is 10.0.